The van der Waals surface area contributed by atoms with Crippen LogP contribution in [0, 0.1) is 0 Å². The van der Waals surface area contributed by atoms with Crippen LogP contribution in [0.3, 0.4) is 0 Å². The number of aromatic amines is 1. The van der Waals surface area contributed by atoms with Crippen molar-refractivity contribution < 1.29 is 9.53 Å². The van der Waals surface area contributed by atoms with E-state index in [4.69, 9.17) is 4.74 Å². The van der Waals surface area contributed by atoms with Crippen molar-refractivity contribution in [2.24, 2.45) is 0 Å². The molecule has 0 unspecified atom stereocenters. The lowest BCUT2D eigenvalue weighted by molar-refractivity contribution is 0.208. The zero-order valence-electron chi connectivity index (χ0n) is 14.6. The molecule has 0 atom stereocenters. The maximum absolute atomic E-state index is 12.6. The highest BCUT2D eigenvalue weighted by molar-refractivity contribution is 5.92. The van der Waals surface area contributed by atoms with Gasteiger partial charge in [-0.15, -0.1) is 0 Å². The number of ether oxygens (including phenoxy) is 1. The summed E-state index contributed by atoms with van der Waals surface area (Å²) in [6.45, 7) is 2.87. The van der Waals surface area contributed by atoms with E-state index in [1.165, 1.54) is 0 Å². The molecule has 0 radical (unpaired) electrons. The lowest BCUT2D eigenvalue weighted by Gasteiger charge is -2.36. The Morgan fingerprint density at radius 1 is 1.15 bits per heavy atom. The molecule has 2 N–H and O–H groups in total. The fraction of sp³-hybridized carbons (Fsp3) is 0.263. The van der Waals surface area contributed by atoms with Gasteiger partial charge in [0.25, 0.3) is 0 Å². The molecule has 2 amide bonds. The molecular weight excluding hydrogens is 330 g/mol. The largest absolute Gasteiger partial charge is 0.495 e. The molecule has 7 heteroatoms. The van der Waals surface area contributed by atoms with Crippen LogP contribution in [0.25, 0.3) is 10.9 Å². The number of benzene rings is 2. The summed E-state index contributed by atoms with van der Waals surface area (Å²) in [4.78, 5) is 16.6. The van der Waals surface area contributed by atoms with Gasteiger partial charge in [0, 0.05) is 37.3 Å². The molecule has 26 heavy (non-hydrogen) atoms. The van der Waals surface area contributed by atoms with E-state index in [2.05, 4.69) is 20.4 Å². The molecule has 0 bridgehead atoms. The first-order valence-corrected chi connectivity index (χ1v) is 8.61. The summed E-state index contributed by atoms with van der Waals surface area (Å²) in [6, 6.07) is 13.6. The van der Waals surface area contributed by atoms with Gasteiger partial charge in [0.2, 0.25) is 0 Å². The van der Waals surface area contributed by atoms with Crippen molar-refractivity contribution in [3.63, 3.8) is 0 Å². The van der Waals surface area contributed by atoms with Crippen LogP contribution in [0.2, 0.25) is 0 Å². The number of piperazine rings is 1. The number of carbonyl (C=O) groups excluding carboxylic acids is 1. The number of urea groups is 1. The second-order valence-electron chi connectivity index (χ2n) is 6.25. The van der Waals surface area contributed by atoms with Gasteiger partial charge in [-0.3, -0.25) is 5.10 Å². The number of fused-ring (bicyclic) bond motifs is 1. The SMILES string of the molecule is COc1ccccc1N1CCN(C(=O)Nc2ccc3cn[nH]c3c2)CC1. The van der Waals surface area contributed by atoms with Gasteiger partial charge in [0.15, 0.2) is 0 Å². The van der Waals surface area contributed by atoms with Crippen LogP contribution in [0.1, 0.15) is 0 Å². The molecule has 3 aromatic rings. The standard InChI is InChI=1S/C19H21N5O2/c1-26-18-5-3-2-4-17(18)23-8-10-24(11-9-23)19(25)21-15-7-6-14-13-20-22-16(14)12-15/h2-7,12-13H,8-11H2,1H3,(H,20,22)(H,21,25). The van der Waals surface area contributed by atoms with Crippen molar-refractivity contribution in [3.8, 4) is 5.75 Å². The highest BCUT2D eigenvalue weighted by Crippen LogP contribution is 2.28. The minimum absolute atomic E-state index is 0.0801. The molecule has 0 aliphatic carbocycles. The number of amides is 2. The summed E-state index contributed by atoms with van der Waals surface area (Å²) in [5, 5.41) is 10.9. The van der Waals surface area contributed by atoms with Crippen LogP contribution < -0.4 is 15.0 Å². The summed E-state index contributed by atoms with van der Waals surface area (Å²) >= 11 is 0. The van der Waals surface area contributed by atoms with Gasteiger partial charge in [-0.05, 0) is 30.3 Å². The highest BCUT2D eigenvalue weighted by atomic mass is 16.5. The van der Waals surface area contributed by atoms with E-state index in [-0.39, 0.29) is 6.03 Å². The van der Waals surface area contributed by atoms with E-state index in [0.717, 1.165) is 41.1 Å². The minimum Gasteiger partial charge on any atom is -0.495 e. The van der Waals surface area contributed by atoms with E-state index in [1.54, 1.807) is 13.3 Å². The number of H-pyrrole nitrogens is 1. The second kappa shape index (κ2) is 6.95. The third kappa shape index (κ3) is 3.15. The van der Waals surface area contributed by atoms with Crippen molar-refractivity contribution in [1.82, 2.24) is 15.1 Å². The first kappa shape index (κ1) is 16.3. The highest BCUT2D eigenvalue weighted by Gasteiger charge is 2.23. The molecule has 0 spiro atoms. The Kier molecular flexibility index (Phi) is 4.35. The normalized spacial score (nSPS) is 14.5. The Bertz CT molecular complexity index is 915. The minimum atomic E-state index is -0.0801. The Balaban J connectivity index is 1.38. The predicted molar refractivity (Wildman–Crippen MR) is 102 cm³/mol. The Morgan fingerprint density at radius 3 is 2.77 bits per heavy atom. The molecule has 1 aliphatic rings. The first-order chi connectivity index (χ1) is 12.7. The zero-order chi connectivity index (χ0) is 17.9. The van der Waals surface area contributed by atoms with Crippen molar-refractivity contribution in [2.75, 3.05) is 43.5 Å². The van der Waals surface area contributed by atoms with Gasteiger partial charge >= 0.3 is 6.03 Å². The molecule has 2 heterocycles. The molecule has 4 rings (SSSR count). The maximum atomic E-state index is 12.6. The smallest absolute Gasteiger partial charge is 0.321 e. The van der Waals surface area contributed by atoms with E-state index in [1.807, 2.05) is 47.4 Å². The topological polar surface area (TPSA) is 73.5 Å². The van der Waals surface area contributed by atoms with Crippen LogP contribution in [0.15, 0.2) is 48.7 Å². The summed E-state index contributed by atoms with van der Waals surface area (Å²) in [5.41, 5.74) is 2.74. The molecule has 2 aromatic carbocycles. The van der Waals surface area contributed by atoms with E-state index in [9.17, 15) is 4.79 Å². The first-order valence-electron chi connectivity index (χ1n) is 8.61. The van der Waals surface area contributed by atoms with Gasteiger partial charge in [-0.25, -0.2) is 4.79 Å². The average molecular weight is 351 g/mol. The number of carbonyl (C=O) groups is 1. The number of nitrogens with one attached hydrogen (secondary N) is 2. The summed E-state index contributed by atoms with van der Waals surface area (Å²) in [6.07, 6.45) is 1.76. The fourth-order valence-electron chi connectivity index (χ4n) is 3.26. The monoisotopic (exact) mass is 351 g/mol. The molecule has 7 nitrogen and oxygen atoms in total. The number of para-hydroxylation sites is 2. The maximum Gasteiger partial charge on any atom is 0.321 e. The zero-order valence-corrected chi connectivity index (χ0v) is 14.6. The van der Waals surface area contributed by atoms with E-state index in [0.29, 0.717) is 13.1 Å². The molecule has 1 saturated heterocycles. The molecule has 134 valence electrons. The van der Waals surface area contributed by atoms with Gasteiger partial charge in [-0.2, -0.15) is 5.10 Å². The number of nitrogens with zero attached hydrogens (tertiary/aromatic N) is 3. The van der Waals surface area contributed by atoms with Gasteiger partial charge in [0.05, 0.1) is 24.5 Å². The van der Waals surface area contributed by atoms with Gasteiger partial charge in [-0.1, -0.05) is 12.1 Å². The second-order valence-corrected chi connectivity index (χ2v) is 6.25. The van der Waals surface area contributed by atoms with Crippen LogP contribution in [-0.4, -0.2) is 54.4 Å². The number of methoxy groups -OCH3 is 1. The Hall–Kier alpha value is -3.22. The van der Waals surface area contributed by atoms with Crippen LogP contribution in [0.5, 0.6) is 5.75 Å². The Labute approximate surface area is 151 Å². The third-order valence-electron chi connectivity index (χ3n) is 4.69. The molecular formula is C19H21N5O2. The number of hydrogen-bond donors (Lipinski definition) is 2. The number of aromatic nitrogens is 2. The van der Waals surface area contributed by atoms with Crippen LogP contribution in [0.4, 0.5) is 16.2 Å². The van der Waals surface area contributed by atoms with Crippen molar-refractivity contribution in [2.45, 2.75) is 0 Å². The molecule has 1 fully saturated rings. The number of anilines is 2. The third-order valence-corrected chi connectivity index (χ3v) is 4.69. The average Bonchev–Trinajstić information content (AvgIpc) is 3.16. The van der Waals surface area contributed by atoms with Crippen LogP contribution in [-0.2, 0) is 0 Å². The summed E-state index contributed by atoms with van der Waals surface area (Å²) in [5.74, 6) is 0.860. The van der Waals surface area contributed by atoms with Gasteiger partial charge < -0.3 is 19.9 Å². The number of hydrogen-bond acceptors (Lipinski definition) is 4. The Morgan fingerprint density at radius 2 is 1.96 bits per heavy atom. The fourth-order valence-corrected chi connectivity index (χ4v) is 3.26. The summed E-state index contributed by atoms with van der Waals surface area (Å²) in [7, 11) is 1.68. The lowest BCUT2D eigenvalue weighted by Crippen LogP contribution is -2.50. The van der Waals surface area contributed by atoms with Crippen molar-refractivity contribution in [1.29, 1.82) is 0 Å². The van der Waals surface area contributed by atoms with Crippen LogP contribution >= 0.6 is 0 Å². The van der Waals surface area contributed by atoms with E-state index < -0.39 is 0 Å². The predicted octanol–water partition coefficient (Wildman–Crippen LogP) is 2.93. The molecule has 0 saturated carbocycles. The van der Waals surface area contributed by atoms with E-state index >= 15 is 0 Å². The van der Waals surface area contributed by atoms with Crippen molar-refractivity contribution >= 4 is 28.3 Å². The van der Waals surface area contributed by atoms with Gasteiger partial charge in [0.1, 0.15) is 5.75 Å². The quantitative estimate of drug-likeness (QED) is 0.761. The number of rotatable bonds is 3. The molecule has 1 aromatic heterocycles. The molecule has 1 aliphatic heterocycles. The van der Waals surface area contributed by atoms with Crippen molar-refractivity contribution in [3.05, 3.63) is 48.7 Å². The summed E-state index contributed by atoms with van der Waals surface area (Å²) < 4.78 is 5.44. The lowest BCUT2D eigenvalue weighted by atomic mass is 10.2.